The fourth-order valence-electron chi connectivity index (χ4n) is 2.87. The van der Waals surface area contributed by atoms with E-state index in [0.717, 1.165) is 28.7 Å². The van der Waals surface area contributed by atoms with Crippen LogP contribution in [0.3, 0.4) is 0 Å². The van der Waals surface area contributed by atoms with Crippen LogP contribution in [0.1, 0.15) is 11.1 Å². The van der Waals surface area contributed by atoms with Crippen LogP contribution in [-0.4, -0.2) is 41.7 Å². The molecule has 2 heterocycles. The summed E-state index contributed by atoms with van der Waals surface area (Å²) >= 11 is 7.01. The van der Waals surface area contributed by atoms with E-state index in [2.05, 4.69) is 9.39 Å². The van der Waals surface area contributed by atoms with Crippen LogP contribution in [0.25, 0.3) is 6.08 Å². The van der Waals surface area contributed by atoms with Crippen LogP contribution >= 0.6 is 23.5 Å². The first-order valence-electron chi connectivity index (χ1n) is 8.99. The molecule has 4 rings (SSSR count). The molecule has 2 aromatic carbocycles. The molecule has 8 nitrogen and oxygen atoms in total. The zero-order valence-corrected chi connectivity index (χ0v) is 18.8. The number of nitrogens with one attached hydrogen (secondary N) is 1. The van der Waals surface area contributed by atoms with Gasteiger partial charge in [-0.1, -0.05) is 29.8 Å². The second-order valence-electron chi connectivity index (χ2n) is 6.78. The number of carbonyl (C=O) groups is 1. The van der Waals surface area contributed by atoms with E-state index < -0.39 is 15.7 Å². The van der Waals surface area contributed by atoms with Crippen molar-refractivity contribution < 1.29 is 22.3 Å². The van der Waals surface area contributed by atoms with Crippen LogP contribution in [-0.2, 0) is 21.2 Å². The second-order valence-corrected chi connectivity index (χ2v) is 9.83. The highest BCUT2D eigenvalue weighted by Gasteiger charge is 2.41. The maximum absolute atomic E-state index is 13.0. The number of sulfone groups is 1. The topological polar surface area (TPSA) is 112 Å². The lowest BCUT2D eigenvalue weighted by atomic mass is 10.1. The molecule has 0 saturated heterocycles. The Morgan fingerprint density at radius 2 is 1.97 bits per heavy atom. The van der Waals surface area contributed by atoms with E-state index in [0.29, 0.717) is 11.3 Å². The van der Waals surface area contributed by atoms with Gasteiger partial charge in [0.2, 0.25) is 20.2 Å². The number of fused-ring (bicyclic) bond motifs is 1. The predicted octanol–water partition coefficient (Wildman–Crippen LogP) is 3.68. The minimum atomic E-state index is -3.73. The molecule has 164 valence electrons. The molecule has 0 saturated carbocycles. The Morgan fingerprint density at radius 3 is 2.62 bits per heavy atom. The molecule has 12 heteroatoms. The molecule has 2 aliphatic rings. The van der Waals surface area contributed by atoms with Crippen molar-refractivity contribution in [1.82, 2.24) is 4.90 Å². The first-order valence-corrected chi connectivity index (χ1v) is 12.0. The lowest BCUT2D eigenvalue weighted by Gasteiger charge is -2.23. The molecular formula is C20H14ClFN4O4S2. The highest BCUT2D eigenvalue weighted by Crippen LogP contribution is 2.31. The lowest BCUT2D eigenvalue weighted by Crippen LogP contribution is -2.45. The number of aliphatic imine (C=N–C) groups is 1. The molecule has 32 heavy (non-hydrogen) atoms. The number of hydrogen-bond donors (Lipinski definition) is 1. The minimum Gasteiger partial charge on any atom is -0.487 e. The molecule has 0 aliphatic carbocycles. The Hall–Kier alpha value is -3.02. The molecule has 0 spiro atoms. The SMILES string of the molecule is CS(=O)(=O)C1=NSC2=NC(=O)/C(=C\c3ccc(OCc4ccc(F)cc4)c(Cl)c3)C(=N)N21. The van der Waals surface area contributed by atoms with E-state index in [4.69, 9.17) is 21.7 Å². The predicted molar refractivity (Wildman–Crippen MR) is 122 cm³/mol. The van der Waals surface area contributed by atoms with Gasteiger partial charge in [0.1, 0.15) is 24.0 Å². The molecule has 2 aromatic rings. The van der Waals surface area contributed by atoms with Crippen molar-refractivity contribution in [1.29, 1.82) is 5.41 Å². The quantitative estimate of drug-likeness (QED) is 0.514. The smallest absolute Gasteiger partial charge is 0.283 e. The Labute approximate surface area is 192 Å². The summed E-state index contributed by atoms with van der Waals surface area (Å²) in [5, 5.41) is 8.27. The van der Waals surface area contributed by atoms with Crippen molar-refractivity contribution in [2.75, 3.05) is 6.26 Å². The van der Waals surface area contributed by atoms with Gasteiger partial charge in [-0.25, -0.2) is 17.7 Å². The van der Waals surface area contributed by atoms with Gasteiger partial charge in [0.25, 0.3) is 5.91 Å². The van der Waals surface area contributed by atoms with Gasteiger partial charge in [0, 0.05) is 6.26 Å². The van der Waals surface area contributed by atoms with Crippen LogP contribution in [0.5, 0.6) is 5.75 Å². The number of halogens is 2. The Kier molecular flexibility index (Phi) is 5.89. The minimum absolute atomic E-state index is 0.0140. The van der Waals surface area contributed by atoms with Gasteiger partial charge in [-0.15, -0.1) is 0 Å². The third-order valence-electron chi connectivity index (χ3n) is 4.40. The second kappa shape index (κ2) is 8.49. The molecule has 1 amide bonds. The average molecular weight is 493 g/mol. The van der Waals surface area contributed by atoms with Crippen molar-refractivity contribution in [3.05, 3.63) is 70.0 Å². The van der Waals surface area contributed by atoms with Gasteiger partial charge >= 0.3 is 0 Å². The van der Waals surface area contributed by atoms with Crippen LogP contribution in [0.15, 0.2) is 57.4 Å². The molecule has 0 aromatic heterocycles. The van der Waals surface area contributed by atoms with Crippen LogP contribution in [0, 0.1) is 11.2 Å². The van der Waals surface area contributed by atoms with E-state index in [1.807, 2.05) is 0 Å². The maximum Gasteiger partial charge on any atom is 0.283 e. The molecule has 0 radical (unpaired) electrons. The Balaban J connectivity index is 1.56. The standard InChI is InChI=1S/C20H14ClFN4O4S2/c1-32(28,29)20-25-31-19-24-18(27)14(17(23)26(19)20)8-12-4-7-16(15(21)9-12)30-10-11-2-5-13(22)6-3-11/h2-9,23H,10H2,1H3/b14-8-,23-17?. The average Bonchev–Trinajstić information content (AvgIpc) is 3.16. The summed E-state index contributed by atoms with van der Waals surface area (Å²) in [7, 11) is -3.73. The zero-order valence-electron chi connectivity index (χ0n) is 16.4. The van der Waals surface area contributed by atoms with E-state index in [1.54, 1.807) is 30.3 Å². The zero-order chi connectivity index (χ0) is 23.0. The molecule has 0 unspecified atom stereocenters. The molecular weight excluding hydrogens is 479 g/mol. The highest BCUT2D eigenvalue weighted by molar-refractivity contribution is 8.16. The summed E-state index contributed by atoms with van der Waals surface area (Å²) in [4.78, 5) is 17.3. The van der Waals surface area contributed by atoms with Gasteiger partial charge in [0.05, 0.1) is 22.5 Å². The van der Waals surface area contributed by atoms with Gasteiger partial charge < -0.3 is 4.74 Å². The molecule has 0 atom stereocenters. The summed E-state index contributed by atoms with van der Waals surface area (Å²) in [6.45, 7) is 0.182. The molecule has 1 N–H and O–H groups in total. The Bertz CT molecular complexity index is 1340. The van der Waals surface area contributed by atoms with Gasteiger partial charge in [-0.2, -0.15) is 9.39 Å². The van der Waals surface area contributed by atoms with Crippen molar-refractivity contribution in [3.8, 4) is 5.75 Å². The van der Waals surface area contributed by atoms with Crippen LogP contribution in [0.2, 0.25) is 5.02 Å². The van der Waals surface area contributed by atoms with Crippen molar-refractivity contribution >= 4 is 61.5 Å². The first-order chi connectivity index (χ1) is 15.1. The van der Waals surface area contributed by atoms with Crippen molar-refractivity contribution in [2.24, 2.45) is 9.39 Å². The van der Waals surface area contributed by atoms with E-state index >= 15 is 0 Å². The number of amidine groups is 3. The van der Waals surface area contributed by atoms with Crippen molar-refractivity contribution in [3.63, 3.8) is 0 Å². The summed E-state index contributed by atoms with van der Waals surface area (Å²) in [5.74, 6) is -0.995. The fraction of sp³-hybridized carbons (Fsp3) is 0.100. The van der Waals surface area contributed by atoms with Gasteiger partial charge in [-0.3, -0.25) is 10.2 Å². The van der Waals surface area contributed by atoms with Gasteiger partial charge in [0.15, 0.2) is 0 Å². The van der Waals surface area contributed by atoms with Crippen LogP contribution < -0.4 is 4.74 Å². The summed E-state index contributed by atoms with van der Waals surface area (Å²) < 4.78 is 46.4. The third kappa shape index (κ3) is 4.45. The summed E-state index contributed by atoms with van der Waals surface area (Å²) in [6, 6.07) is 10.6. The largest absolute Gasteiger partial charge is 0.487 e. The monoisotopic (exact) mass is 492 g/mol. The van der Waals surface area contributed by atoms with Crippen LogP contribution in [0.4, 0.5) is 4.39 Å². The first kappa shape index (κ1) is 22.2. The number of nitrogens with zero attached hydrogens (tertiary/aromatic N) is 3. The number of hydrogen-bond acceptors (Lipinski definition) is 7. The number of rotatable bonds is 4. The molecule has 2 aliphatic heterocycles. The van der Waals surface area contributed by atoms with E-state index in [-0.39, 0.29) is 39.2 Å². The maximum atomic E-state index is 13.0. The fourth-order valence-corrected chi connectivity index (χ4v) is 4.96. The number of ether oxygens (including phenoxy) is 1. The van der Waals surface area contributed by atoms with Gasteiger partial charge in [-0.05, 0) is 41.5 Å². The normalized spacial score (nSPS) is 17.3. The number of carbonyl (C=O) groups excluding carboxylic acids is 1. The highest BCUT2D eigenvalue weighted by atomic mass is 35.5. The van der Waals surface area contributed by atoms with Crippen molar-refractivity contribution in [2.45, 2.75) is 6.61 Å². The lowest BCUT2D eigenvalue weighted by molar-refractivity contribution is -0.114. The summed E-state index contributed by atoms with van der Waals surface area (Å²) in [5.41, 5.74) is 1.14. The number of benzene rings is 2. The third-order valence-corrected chi connectivity index (χ3v) is 6.45. The molecule has 0 fully saturated rings. The summed E-state index contributed by atoms with van der Waals surface area (Å²) in [6.07, 6.45) is 2.36. The van der Waals surface area contributed by atoms with E-state index in [1.165, 1.54) is 18.2 Å². The number of amides is 1. The van der Waals surface area contributed by atoms with E-state index in [9.17, 15) is 17.6 Å². The molecule has 0 bridgehead atoms. The Morgan fingerprint density at radius 1 is 1.25 bits per heavy atom.